The number of Topliss-reactive ketones (excluding diaryl/α,β-unsaturated/α-hetero) is 1. The summed E-state index contributed by atoms with van der Waals surface area (Å²) in [7, 11) is -0.510. The van der Waals surface area contributed by atoms with Gasteiger partial charge in [-0.15, -0.1) is 0 Å². The van der Waals surface area contributed by atoms with Crippen LogP contribution in [0, 0.1) is 0 Å². The molecule has 0 bridgehead atoms. The monoisotopic (exact) mass is 1850 g/mol. The molecule has 1 aliphatic heterocycles. The number of nitrogens with one attached hydrogen (secondary N) is 10. The molecule has 0 saturated carbocycles. The van der Waals surface area contributed by atoms with E-state index < -0.39 is 103 Å². The molecule has 11 amide bonds. The van der Waals surface area contributed by atoms with Crippen LogP contribution in [0.1, 0.15) is 135 Å². The Bertz CT molecular complexity index is 3660. The summed E-state index contributed by atoms with van der Waals surface area (Å²) in [6.45, 7) is 65.3. The summed E-state index contributed by atoms with van der Waals surface area (Å²) in [5, 5.41) is 84.5. The number of hydrogen-bond acceptors (Lipinski definition) is 27. The molecule has 0 spiro atoms. The number of nitrogens with zero attached hydrogens (tertiary/aromatic N) is 3. The molecule has 1 rings (SSSR count). The van der Waals surface area contributed by atoms with Gasteiger partial charge in [0.1, 0.15) is 11.3 Å². The van der Waals surface area contributed by atoms with Crippen molar-refractivity contribution >= 4 is 103 Å². The van der Waals surface area contributed by atoms with E-state index in [0.29, 0.717) is 94.0 Å². The summed E-state index contributed by atoms with van der Waals surface area (Å²) in [6.07, 6.45) is 7.21. The van der Waals surface area contributed by atoms with Crippen LogP contribution in [0.4, 0.5) is 0 Å². The zero-order chi connectivity index (χ0) is 101. The predicted molar refractivity (Wildman–Crippen MR) is 485 cm³/mol. The van der Waals surface area contributed by atoms with Crippen LogP contribution in [0.3, 0.4) is 0 Å². The second kappa shape index (κ2) is 80.6. The number of likely N-dealkylation sites (N-methyl/N-ethyl adjacent to an activating group) is 1. The van der Waals surface area contributed by atoms with Crippen molar-refractivity contribution in [1.29, 1.82) is 0 Å². The third kappa shape index (κ3) is 106. The van der Waals surface area contributed by atoms with Crippen molar-refractivity contribution in [3.63, 3.8) is 0 Å². The minimum atomic E-state index is -4.35. The number of ether oxygens (including phenoxy) is 1. The predicted octanol–water partition coefficient (Wildman–Crippen LogP) is -2.66. The first-order valence-corrected chi connectivity index (χ1v) is 41.8. The number of aliphatic hydroxyl groups is 5. The molecule has 0 atom stereocenters. The number of carbonyl (C=O) groups is 14. The van der Waals surface area contributed by atoms with Gasteiger partial charge in [-0.3, -0.25) is 71.7 Å². The third-order valence-corrected chi connectivity index (χ3v) is 15.8. The Balaban J connectivity index is -0.000000130. The van der Waals surface area contributed by atoms with E-state index in [1.807, 2.05) is 46.9 Å². The van der Waals surface area contributed by atoms with Crippen molar-refractivity contribution in [2.45, 2.75) is 158 Å². The zero-order valence-corrected chi connectivity index (χ0v) is 79.8. The second-order valence-electron chi connectivity index (χ2n) is 29.8. The van der Waals surface area contributed by atoms with Crippen LogP contribution < -0.4 is 72.0 Å². The summed E-state index contributed by atoms with van der Waals surface area (Å²) < 4.78 is 66.3. The van der Waals surface area contributed by atoms with Crippen molar-refractivity contribution in [2.75, 3.05) is 151 Å². The molecule has 1 aliphatic rings. The molecule has 0 radical (unpaired) electrons. The maximum Gasteiger partial charge on any atom is 1.00 e. The average Bonchev–Trinajstić information content (AvgIpc) is 0.870. The van der Waals surface area contributed by atoms with Crippen molar-refractivity contribution in [1.82, 2.24) is 67.9 Å². The molecule has 0 aromatic carbocycles. The smallest absolute Gasteiger partial charge is 0.748 e. The summed E-state index contributed by atoms with van der Waals surface area (Å²) in [6, 6.07) is 0. The number of ketones is 1. The minimum Gasteiger partial charge on any atom is -0.748 e. The Morgan fingerprint density at radius 2 is 0.732 bits per heavy atom. The summed E-state index contributed by atoms with van der Waals surface area (Å²) in [5.74, 6) is -5.60. The van der Waals surface area contributed by atoms with E-state index in [-0.39, 0.29) is 121 Å². The van der Waals surface area contributed by atoms with Gasteiger partial charge in [-0.05, 0) is 175 Å². The van der Waals surface area contributed by atoms with E-state index in [4.69, 9.17) is 45.0 Å². The largest absolute Gasteiger partial charge is 1.00 e. The number of aliphatic hydroxyl groups excluding tert-OH is 5. The molecule has 127 heavy (non-hydrogen) atoms. The topological polar surface area (TPSA) is 631 Å². The van der Waals surface area contributed by atoms with Crippen LogP contribution >= 0.6 is 0 Å². The number of carboxylic acid groups (broad SMARTS) is 2. The van der Waals surface area contributed by atoms with Crippen LogP contribution in [0.2, 0.25) is 0 Å². The van der Waals surface area contributed by atoms with Gasteiger partial charge < -0.3 is 113 Å². The van der Waals surface area contributed by atoms with Gasteiger partial charge in [-0.25, -0.2) is 8.42 Å². The van der Waals surface area contributed by atoms with Gasteiger partial charge in [0.25, 0.3) is 10.1 Å². The molecule has 0 unspecified atom stereocenters. The fourth-order valence-electron chi connectivity index (χ4n) is 7.33. The molecule has 0 aromatic rings. The molecule has 0 aliphatic carbocycles. The summed E-state index contributed by atoms with van der Waals surface area (Å²) >= 11 is 0. The van der Waals surface area contributed by atoms with Gasteiger partial charge in [0.05, 0.1) is 73.2 Å². The average molecular weight is 1850 g/mol. The van der Waals surface area contributed by atoms with E-state index in [2.05, 4.69) is 130 Å². The number of hydrogen-bond donors (Lipinski definition) is 18. The van der Waals surface area contributed by atoms with Gasteiger partial charge in [-0.2, -0.15) is 8.42 Å². The molecule has 41 nitrogen and oxygen atoms in total. The molecule has 726 valence electrons. The molecule has 1 fully saturated rings. The van der Waals surface area contributed by atoms with E-state index in [1.165, 1.54) is 67.5 Å². The fraction of sp³-hybridized carbons (Fsp3) is 0.566. The normalized spacial score (nSPS) is 10.8. The first-order valence-electron chi connectivity index (χ1n) is 38.6. The summed E-state index contributed by atoms with van der Waals surface area (Å²) in [4.78, 5) is 156. The SMILES string of the molecule is C=C(C)C(=O)N1CCOCC1.C=C(C)C(=O)NC(C)(C)CC(C)=O.C=C(C)C(=O)NC(C)(C)CS(=O)(=O)O.C=C(C)C(=O)NC(C)(C)CS(=O)(=O)[O-].C=C(C)C(=O)NC(CO)(CO)CO.C=C(C)C(=O)NCCCO.C=C(C)C(=O)NCCO.C=CC(=O)NCCC(=O)O.C=CC(=O)NCCCC(=O)O.C=CC(=O)NCCCN(C)C.C=CC(=O)NCCN(C)C.[Li+]. The fourth-order valence-corrected chi connectivity index (χ4v) is 9.27. The van der Waals surface area contributed by atoms with Gasteiger partial charge in [-0.1, -0.05) is 72.4 Å². The molecule has 44 heteroatoms. The number of aliphatic carboxylic acids is 2. The maximum absolute atomic E-state index is 11.3. The molecule has 0 aromatic heterocycles. The Morgan fingerprint density at radius 1 is 0.417 bits per heavy atom. The third-order valence-electron chi connectivity index (χ3n) is 13.6. The molecular formula is C83H148LiN13O28S2. The van der Waals surface area contributed by atoms with Crippen LogP contribution in [-0.2, 0) is 92.1 Å². The molecule has 18 N–H and O–H groups in total. The first kappa shape index (κ1) is 140. The Labute approximate surface area is 763 Å². The van der Waals surface area contributed by atoms with E-state index >= 15 is 0 Å². The minimum absolute atomic E-state index is 0. The number of morpholine rings is 1. The Hall–Kier alpha value is -9.98. The molecule has 1 saturated heterocycles. The maximum atomic E-state index is 11.3. The van der Waals surface area contributed by atoms with Gasteiger partial charge in [0, 0.05) is 128 Å². The standard InChI is InChI=1S/C10H17NO2.C8H16N2O.2C8H15NO4S.C8H15NO4.C8H13NO2.C7H14N2O.C7H11NO3.C7H13NO2.C6H9NO3.C6H11NO2.Li/c1-7(2)9(13)11-10(4,5)6-8(3)12;1-4-8(11)9-6-5-7-10(2)3;2*1-6(2)7(10)9-8(3,4)5-14(11,12)13;1-6(2)7(13)9-8(3-10,4-11)5-12;1-7(2)8(10)9-3-5-11-6-4-9;1-4-7(10)8-5-6-9(2)3;1-2-6(9)8-5-3-4-7(10)11;1-6(2)7(10)8-4-3-5-9;1-2-5(8)7-4-3-6(9)10;1-5(2)6(9)7-3-4-8;/h1,6H2,2-5H3,(H,11,13);4H,1,5-7H2,2-3H3,(H,9,11);2*1,5H2,2-4H3,(H,9,10)(H,11,12,13);10-12H,1,3-5H2,2H3,(H,9,13);1,3-6H2,2H3;4H,1,5-6H2,2-3H3,(H,8,10);2H,1,3-5H2,(H,8,9)(H,10,11);9H,1,3-5H2,2H3,(H,8,10);2H,1,3-4H2,(H,7,8)(H,9,10);8H,1,3-4H2,2H3,(H,7,9);/q;;;;;;;;;;;+1/p-1. The van der Waals surface area contributed by atoms with Gasteiger partial charge >= 0.3 is 30.8 Å². The quantitative estimate of drug-likeness (QED) is 0.0128. The van der Waals surface area contributed by atoms with E-state index in [0.717, 1.165) is 38.2 Å². The van der Waals surface area contributed by atoms with E-state index in [9.17, 15) is 88.5 Å². The summed E-state index contributed by atoms with van der Waals surface area (Å²) in [5.41, 5.74) is -1.11. The molecule has 1 heterocycles. The second-order valence-corrected chi connectivity index (χ2v) is 32.6. The van der Waals surface area contributed by atoms with Gasteiger partial charge in [0.2, 0.25) is 65.0 Å². The zero-order valence-electron chi connectivity index (χ0n) is 78.2. The first-order chi connectivity index (χ1) is 57.6. The number of amides is 11. The van der Waals surface area contributed by atoms with Gasteiger partial charge in [0.15, 0.2) is 0 Å². The number of carboxylic acids is 2. The van der Waals surface area contributed by atoms with E-state index in [1.54, 1.807) is 32.6 Å². The van der Waals surface area contributed by atoms with Crippen molar-refractivity contribution in [3.05, 3.63) is 136 Å². The van der Waals surface area contributed by atoms with Crippen LogP contribution in [-0.4, -0.2) is 333 Å². The molecular weight excluding hydrogens is 1700 g/mol. The van der Waals surface area contributed by atoms with Crippen LogP contribution in [0.15, 0.2) is 136 Å². The number of rotatable bonds is 43. The number of carbonyl (C=O) groups excluding carboxylic acids is 12. The van der Waals surface area contributed by atoms with Crippen molar-refractivity contribution < 1.29 is 152 Å². The Kier molecular flexibility index (Phi) is 88.9. The van der Waals surface area contributed by atoms with Crippen molar-refractivity contribution in [2.24, 2.45) is 0 Å². The van der Waals surface area contributed by atoms with Crippen LogP contribution in [0.5, 0.6) is 0 Å². The van der Waals surface area contributed by atoms with Crippen molar-refractivity contribution in [3.8, 4) is 0 Å². The Morgan fingerprint density at radius 3 is 1.02 bits per heavy atom. The van der Waals surface area contributed by atoms with Crippen LogP contribution in [0.25, 0.3) is 0 Å².